The van der Waals surface area contributed by atoms with Crippen LogP contribution in [-0.4, -0.2) is 6.79 Å². The fourth-order valence-electron chi connectivity index (χ4n) is 1.91. The predicted molar refractivity (Wildman–Crippen MR) is 66.2 cm³/mol. The largest absolute Gasteiger partial charge is 0.454 e. The first-order valence-electron chi connectivity index (χ1n) is 5.91. The van der Waals surface area contributed by atoms with Crippen molar-refractivity contribution in [1.29, 1.82) is 0 Å². The van der Waals surface area contributed by atoms with Gasteiger partial charge in [0.25, 0.3) is 0 Å². The number of nitrogens with one attached hydrogen (secondary N) is 1. The molecule has 1 aliphatic rings. The smallest absolute Gasteiger partial charge is 0.231 e. The molecule has 6 heteroatoms. The lowest BCUT2D eigenvalue weighted by Gasteiger charge is -2.09. The molecule has 0 aromatic heterocycles. The zero-order chi connectivity index (χ0) is 14.1. The van der Waals surface area contributed by atoms with Crippen LogP contribution in [0.25, 0.3) is 0 Å². The fraction of sp³-hybridized carbons (Fsp3) is 0.143. The summed E-state index contributed by atoms with van der Waals surface area (Å²) in [7, 11) is 0. The third kappa shape index (κ3) is 2.24. The van der Waals surface area contributed by atoms with Gasteiger partial charge in [0.15, 0.2) is 29.0 Å². The summed E-state index contributed by atoms with van der Waals surface area (Å²) in [4.78, 5) is 0. The van der Waals surface area contributed by atoms with Gasteiger partial charge >= 0.3 is 0 Å². The highest BCUT2D eigenvalue weighted by atomic mass is 19.2. The van der Waals surface area contributed by atoms with E-state index >= 15 is 0 Å². The Morgan fingerprint density at radius 3 is 2.60 bits per heavy atom. The molecule has 0 bridgehead atoms. The molecule has 104 valence electrons. The lowest BCUT2D eigenvalue weighted by atomic mass is 10.2. The van der Waals surface area contributed by atoms with Gasteiger partial charge in [-0.15, -0.1) is 0 Å². The van der Waals surface area contributed by atoms with Crippen LogP contribution in [0.5, 0.6) is 11.5 Å². The number of hydrogen-bond donors (Lipinski definition) is 1. The van der Waals surface area contributed by atoms with E-state index in [2.05, 4.69) is 5.32 Å². The highest BCUT2D eigenvalue weighted by molar-refractivity contribution is 5.48. The van der Waals surface area contributed by atoms with Crippen LogP contribution in [0, 0.1) is 17.5 Å². The first-order valence-corrected chi connectivity index (χ1v) is 5.91. The molecule has 0 atom stereocenters. The minimum absolute atomic E-state index is 0.0958. The van der Waals surface area contributed by atoms with Crippen LogP contribution in [0.3, 0.4) is 0 Å². The van der Waals surface area contributed by atoms with Crippen molar-refractivity contribution in [2.45, 2.75) is 6.54 Å². The van der Waals surface area contributed by atoms with Gasteiger partial charge in [0, 0.05) is 6.54 Å². The van der Waals surface area contributed by atoms with E-state index in [4.69, 9.17) is 9.47 Å². The molecule has 1 aliphatic heterocycles. The Balaban J connectivity index is 1.75. The van der Waals surface area contributed by atoms with Crippen LogP contribution < -0.4 is 14.8 Å². The Morgan fingerprint density at radius 2 is 1.75 bits per heavy atom. The van der Waals surface area contributed by atoms with Gasteiger partial charge in [-0.2, -0.15) is 0 Å². The average molecular weight is 281 g/mol. The standard InChI is InChI=1S/C14H10F3NO2/c15-9-2-3-10(14(17)13(9)16)18-6-8-1-4-11-12(5-8)20-7-19-11/h1-5,18H,6-7H2. The first kappa shape index (κ1) is 12.7. The highest BCUT2D eigenvalue weighted by Gasteiger charge is 2.15. The summed E-state index contributed by atoms with van der Waals surface area (Å²) in [6, 6.07) is 7.29. The second-order valence-electron chi connectivity index (χ2n) is 4.26. The molecule has 0 radical (unpaired) electrons. The molecule has 0 aliphatic carbocycles. The number of rotatable bonds is 3. The molecule has 3 nitrogen and oxygen atoms in total. The van der Waals surface area contributed by atoms with Crippen LogP contribution in [-0.2, 0) is 6.54 Å². The number of benzene rings is 2. The Morgan fingerprint density at radius 1 is 0.950 bits per heavy atom. The van der Waals surface area contributed by atoms with Crippen molar-refractivity contribution in [2.24, 2.45) is 0 Å². The van der Waals surface area contributed by atoms with E-state index in [9.17, 15) is 13.2 Å². The molecule has 0 unspecified atom stereocenters. The van der Waals surface area contributed by atoms with E-state index in [-0.39, 0.29) is 19.0 Å². The van der Waals surface area contributed by atoms with E-state index < -0.39 is 17.5 Å². The van der Waals surface area contributed by atoms with Crippen molar-refractivity contribution < 1.29 is 22.6 Å². The maximum atomic E-state index is 13.5. The van der Waals surface area contributed by atoms with E-state index in [1.807, 2.05) is 0 Å². The highest BCUT2D eigenvalue weighted by Crippen LogP contribution is 2.32. The number of hydrogen-bond acceptors (Lipinski definition) is 3. The average Bonchev–Trinajstić information content (AvgIpc) is 2.91. The summed E-state index contributed by atoms with van der Waals surface area (Å²) < 4.78 is 49.7. The van der Waals surface area contributed by atoms with Crippen molar-refractivity contribution in [3.8, 4) is 11.5 Å². The lowest BCUT2D eigenvalue weighted by Crippen LogP contribution is -2.04. The van der Waals surface area contributed by atoms with Gasteiger partial charge in [-0.1, -0.05) is 6.07 Å². The second kappa shape index (κ2) is 4.96. The number of halogens is 3. The normalized spacial score (nSPS) is 12.6. The van der Waals surface area contributed by atoms with Crippen LogP contribution >= 0.6 is 0 Å². The summed E-state index contributed by atoms with van der Waals surface area (Å²) in [5, 5.41) is 2.71. The first-order chi connectivity index (χ1) is 9.65. The second-order valence-corrected chi connectivity index (χ2v) is 4.26. The van der Waals surface area contributed by atoms with Crippen molar-refractivity contribution in [1.82, 2.24) is 0 Å². The Bertz CT molecular complexity index is 661. The van der Waals surface area contributed by atoms with Crippen LogP contribution in [0.15, 0.2) is 30.3 Å². The summed E-state index contributed by atoms with van der Waals surface area (Å²) in [5.41, 5.74) is 0.708. The SMILES string of the molecule is Fc1ccc(NCc2ccc3c(c2)OCO3)c(F)c1F. The fourth-order valence-corrected chi connectivity index (χ4v) is 1.91. The zero-order valence-electron chi connectivity index (χ0n) is 10.3. The predicted octanol–water partition coefficient (Wildman–Crippen LogP) is 3.44. The molecule has 0 spiro atoms. The molecule has 0 fully saturated rings. The minimum atomic E-state index is -1.49. The van der Waals surface area contributed by atoms with Crippen molar-refractivity contribution in [3.63, 3.8) is 0 Å². The van der Waals surface area contributed by atoms with Gasteiger partial charge in [0.05, 0.1) is 5.69 Å². The van der Waals surface area contributed by atoms with Crippen LogP contribution in [0.1, 0.15) is 5.56 Å². The summed E-state index contributed by atoms with van der Waals surface area (Å²) in [6.07, 6.45) is 0. The molecule has 1 heterocycles. The quantitative estimate of drug-likeness (QED) is 0.874. The van der Waals surface area contributed by atoms with Gasteiger partial charge in [-0.25, -0.2) is 13.2 Å². The molecule has 2 aromatic carbocycles. The summed E-state index contributed by atoms with van der Waals surface area (Å²) >= 11 is 0. The van der Waals surface area contributed by atoms with Gasteiger partial charge in [0.1, 0.15) is 0 Å². The van der Waals surface area contributed by atoms with Gasteiger partial charge in [-0.05, 0) is 29.8 Å². The van der Waals surface area contributed by atoms with E-state index in [1.54, 1.807) is 18.2 Å². The Kier molecular flexibility index (Phi) is 3.14. The monoisotopic (exact) mass is 281 g/mol. The maximum absolute atomic E-state index is 13.5. The molecule has 0 amide bonds. The molecule has 20 heavy (non-hydrogen) atoms. The van der Waals surface area contributed by atoms with Crippen molar-refractivity contribution in [3.05, 3.63) is 53.3 Å². The molecule has 2 aromatic rings. The molecule has 0 saturated carbocycles. The maximum Gasteiger partial charge on any atom is 0.231 e. The molecular weight excluding hydrogens is 271 g/mol. The van der Waals surface area contributed by atoms with E-state index in [0.717, 1.165) is 17.7 Å². The lowest BCUT2D eigenvalue weighted by molar-refractivity contribution is 0.174. The Labute approximate surface area is 112 Å². The minimum Gasteiger partial charge on any atom is -0.454 e. The summed E-state index contributed by atoms with van der Waals surface area (Å²) in [5.74, 6) is -2.68. The van der Waals surface area contributed by atoms with Gasteiger partial charge in [-0.3, -0.25) is 0 Å². The summed E-state index contributed by atoms with van der Waals surface area (Å²) in [6.45, 7) is 0.419. The topological polar surface area (TPSA) is 30.5 Å². The zero-order valence-corrected chi connectivity index (χ0v) is 10.3. The number of fused-ring (bicyclic) bond motifs is 1. The third-order valence-corrected chi connectivity index (χ3v) is 2.96. The molecule has 0 saturated heterocycles. The number of ether oxygens (including phenoxy) is 2. The van der Waals surface area contributed by atoms with Crippen molar-refractivity contribution in [2.75, 3.05) is 12.1 Å². The molecule has 1 N–H and O–H groups in total. The molecular formula is C14H10F3NO2. The van der Waals surface area contributed by atoms with Gasteiger partial charge in [0.2, 0.25) is 6.79 Å². The van der Waals surface area contributed by atoms with Crippen LogP contribution in [0.4, 0.5) is 18.9 Å². The number of anilines is 1. The molecule has 3 rings (SSSR count). The Hall–Kier alpha value is -2.37. The van der Waals surface area contributed by atoms with E-state index in [0.29, 0.717) is 11.5 Å². The third-order valence-electron chi connectivity index (χ3n) is 2.96. The van der Waals surface area contributed by atoms with E-state index in [1.165, 1.54) is 0 Å². The van der Waals surface area contributed by atoms with Crippen molar-refractivity contribution >= 4 is 5.69 Å². The van der Waals surface area contributed by atoms with Crippen LogP contribution in [0.2, 0.25) is 0 Å². The van der Waals surface area contributed by atoms with Gasteiger partial charge < -0.3 is 14.8 Å².